The Labute approximate surface area is 192 Å². The lowest BCUT2D eigenvalue weighted by Crippen LogP contribution is -2.64. The SMILES string of the molecule is COC[C@@H]1[C@@H](OC(=O)c2ccccc2)[C@@H]2OS(=O)(=O)O[C@@H]2CN1S(=O)(=O)c1ccc(C)cc1. The second-order valence-electron chi connectivity index (χ2n) is 7.75. The first-order valence-corrected chi connectivity index (χ1v) is 12.8. The minimum atomic E-state index is -4.39. The normalized spacial score (nSPS) is 27.1. The van der Waals surface area contributed by atoms with E-state index in [1.807, 2.05) is 6.92 Å². The summed E-state index contributed by atoms with van der Waals surface area (Å²) in [5, 5.41) is 0. The van der Waals surface area contributed by atoms with Crippen LogP contribution in [0.2, 0.25) is 0 Å². The molecule has 0 unspecified atom stereocenters. The van der Waals surface area contributed by atoms with Crippen LogP contribution in [0.5, 0.6) is 0 Å². The quantitative estimate of drug-likeness (QED) is 0.542. The lowest BCUT2D eigenvalue weighted by Gasteiger charge is -2.42. The number of hydrogen-bond acceptors (Lipinski definition) is 9. The highest BCUT2D eigenvalue weighted by Crippen LogP contribution is 2.36. The summed E-state index contributed by atoms with van der Waals surface area (Å²) < 4.78 is 73.1. The van der Waals surface area contributed by atoms with Gasteiger partial charge in [0.2, 0.25) is 10.0 Å². The second-order valence-corrected chi connectivity index (χ2v) is 10.8. The molecule has 2 saturated heterocycles. The van der Waals surface area contributed by atoms with E-state index in [9.17, 15) is 21.6 Å². The Bertz CT molecular complexity index is 1210. The van der Waals surface area contributed by atoms with Gasteiger partial charge in [0.25, 0.3) is 0 Å². The zero-order valence-corrected chi connectivity index (χ0v) is 19.5. The van der Waals surface area contributed by atoms with Crippen LogP contribution in [-0.2, 0) is 38.3 Å². The van der Waals surface area contributed by atoms with Crippen molar-refractivity contribution in [2.45, 2.75) is 36.2 Å². The molecule has 2 heterocycles. The number of benzene rings is 2. The number of rotatable bonds is 6. The molecular weight excluding hydrogens is 474 g/mol. The molecule has 178 valence electrons. The maximum Gasteiger partial charge on any atom is 0.400 e. The van der Waals surface area contributed by atoms with E-state index in [2.05, 4.69) is 0 Å². The first-order valence-electron chi connectivity index (χ1n) is 10.1. The summed E-state index contributed by atoms with van der Waals surface area (Å²) in [5.74, 6) is -0.761. The maximum absolute atomic E-state index is 13.5. The van der Waals surface area contributed by atoms with Crippen LogP contribution in [0.15, 0.2) is 59.5 Å². The van der Waals surface area contributed by atoms with Crippen molar-refractivity contribution in [1.82, 2.24) is 4.31 Å². The van der Waals surface area contributed by atoms with Crippen LogP contribution in [0.1, 0.15) is 15.9 Å². The Morgan fingerprint density at radius 3 is 2.39 bits per heavy atom. The number of esters is 1. The van der Waals surface area contributed by atoms with Crippen LogP contribution in [0.4, 0.5) is 0 Å². The number of aryl methyl sites for hydroxylation is 1. The van der Waals surface area contributed by atoms with Gasteiger partial charge < -0.3 is 9.47 Å². The van der Waals surface area contributed by atoms with E-state index in [1.54, 1.807) is 30.3 Å². The van der Waals surface area contributed by atoms with Crippen molar-refractivity contribution in [2.75, 3.05) is 20.3 Å². The predicted molar refractivity (Wildman–Crippen MR) is 115 cm³/mol. The zero-order valence-electron chi connectivity index (χ0n) is 17.9. The third-order valence-corrected chi connectivity index (χ3v) is 8.33. The van der Waals surface area contributed by atoms with Crippen LogP contribution < -0.4 is 0 Å². The molecule has 0 aromatic heterocycles. The number of nitrogens with zero attached hydrogens (tertiary/aromatic N) is 1. The fourth-order valence-corrected chi connectivity index (χ4v) is 6.56. The lowest BCUT2D eigenvalue weighted by molar-refractivity contribution is -0.0870. The minimum absolute atomic E-state index is 0.00237. The smallest absolute Gasteiger partial charge is 0.400 e. The number of methoxy groups -OCH3 is 1. The van der Waals surface area contributed by atoms with Gasteiger partial charge in [-0.3, -0.25) is 0 Å². The van der Waals surface area contributed by atoms with Gasteiger partial charge in [0.1, 0.15) is 12.2 Å². The molecule has 2 aliphatic rings. The van der Waals surface area contributed by atoms with Crippen molar-refractivity contribution in [2.24, 2.45) is 0 Å². The van der Waals surface area contributed by atoms with Crippen molar-refractivity contribution in [3.8, 4) is 0 Å². The third-order valence-electron chi connectivity index (χ3n) is 5.49. The molecule has 12 heteroatoms. The molecule has 0 saturated carbocycles. The Balaban J connectivity index is 1.74. The van der Waals surface area contributed by atoms with Gasteiger partial charge in [-0.1, -0.05) is 35.9 Å². The van der Waals surface area contributed by atoms with Crippen LogP contribution in [0, 0.1) is 6.92 Å². The van der Waals surface area contributed by atoms with E-state index in [0.717, 1.165) is 9.87 Å². The highest BCUT2D eigenvalue weighted by Gasteiger charge is 2.57. The molecule has 10 nitrogen and oxygen atoms in total. The van der Waals surface area contributed by atoms with E-state index in [4.69, 9.17) is 17.8 Å². The number of carbonyl (C=O) groups is 1. The van der Waals surface area contributed by atoms with Crippen molar-refractivity contribution in [1.29, 1.82) is 0 Å². The van der Waals surface area contributed by atoms with Gasteiger partial charge in [0.05, 0.1) is 23.1 Å². The molecule has 0 N–H and O–H groups in total. The Hall–Kier alpha value is -2.35. The Morgan fingerprint density at radius 1 is 1.09 bits per heavy atom. The first kappa shape index (κ1) is 23.8. The number of piperidine rings is 1. The summed E-state index contributed by atoms with van der Waals surface area (Å²) in [5.41, 5.74) is 1.08. The fraction of sp³-hybridized carbons (Fsp3) is 0.381. The van der Waals surface area contributed by atoms with Crippen LogP contribution in [-0.4, -0.2) is 71.7 Å². The molecule has 0 amide bonds. The fourth-order valence-electron chi connectivity index (χ4n) is 3.91. The predicted octanol–water partition coefficient (Wildman–Crippen LogP) is 1.27. The molecule has 4 rings (SSSR count). The van der Waals surface area contributed by atoms with E-state index in [1.165, 1.54) is 31.4 Å². The zero-order chi connectivity index (χ0) is 23.8. The van der Waals surface area contributed by atoms with Crippen LogP contribution in [0.3, 0.4) is 0 Å². The molecule has 4 atom stereocenters. The van der Waals surface area contributed by atoms with E-state index in [-0.39, 0.29) is 23.6 Å². The molecule has 0 bridgehead atoms. The number of sulfonamides is 1. The molecule has 0 spiro atoms. The molecule has 2 aromatic carbocycles. The summed E-state index contributed by atoms with van der Waals surface area (Å²) >= 11 is 0. The van der Waals surface area contributed by atoms with Gasteiger partial charge >= 0.3 is 16.4 Å². The molecule has 33 heavy (non-hydrogen) atoms. The van der Waals surface area contributed by atoms with Gasteiger partial charge in [-0.05, 0) is 31.2 Å². The summed E-state index contributed by atoms with van der Waals surface area (Å²) in [6.45, 7) is 1.32. The molecule has 0 radical (unpaired) electrons. The molecule has 2 aromatic rings. The average Bonchev–Trinajstić information content (AvgIpc) is 3.10. The minimum Gasteiger partial charge on any atom is -0.454 e. The number of carbonyl (C=O) groups excluding carboxylic acids is 1. The topological polar surface area (TPSA) is 126 Å². The van der Waals surface area contributed by atoms with Crippen molar-refractivity contribution >= 4 is 26.4 Å². The van der Waals surface area contributed by atoms with Crippen molar-refractivity contribution in [3.63, 3.8) is 0 Å². The molecule has 2 aliphatic heterocycles. The monoisotopic (exact) mass is 497 g/mol. The summed E-state index contributed by atoms with van der Waals surface area (Å²) in [6, 6.07) is 13.2. The maximum atomic E-state index is 13.5. The summed E-state index contributed by atoms with van der Waals surface area (Å²) in [7, 11) is -7.16. The number of fused-ring (bicyclic) bond motifs is 1. The highest BCUT2D eigenvalue weighted by molar-refractivity contribution is 7.89. The Morgan fingerprint density at radius 2 is 1.76 bits per heavy atom. The van der Waals surface area contributed by atoms with E-state index >= 15 is 0 Å². The van der Waals surface area contributed by atoms with Gasteiger partial charge in [-0.25, -0.2) is 21.6 Å². The van der Waals surface area contributed by atoms with Gasteiger partial charge in [0, 0.05) is 13.7 Å². The number of hydrogen-bond donors (Lipinski definition) is 0. The number of ether oxygens (including phenoxy) is 2. The van der Waals surface area contributed by atoms with Crippen LogP contribution in [0.25, 0.3) is 0 Å². The Kier molecular flexibility index (Phi) is 6.58. The van der Waals surface area contributed by atoms with E-state index in [0.29, 0.717) is 0 Å². The molecule has 2 fully saturated rings. The van der Waals surface area contributed by atoms with Gasteiger partial charge in [-0.2, -0.15) is 12.7 Å². The van der Waals surface area contributed by atoms with Gasteiger partial charge in [-0.15, -0.1) is 0 Å². The van der Waals surface area contributed by atoms with E-state index < -0.39 is 50.7 Å². The standard InChI is InChI=1S/C21H23NO9S2/c1-14-8-10-16(11-9-14)32(24,25)22-12-18-20(31-33(26,27)30-18)19(17(22)13-28-2)29-21(23)15-6-4-3-5-7-15/h3-11,17-20H,12-13H2,1-2H3/t17-,18-,19-,20-/m1/s1. The van der Waals surface area contributed by atoms with Gasteiger partial charge in [0.15, 0.2) is 6.10 Å². The lowest BCUT2D eigenvalue weighted by atomic mass is 9.96. The average molecular weight is 498 g/mol. The highest BCUT2D eigenvalue weighted by atomic mass is 32.3. The third kappa shape index (κ3) is 4.81. The molecule has 0 aliphatic carbocycles. The summed E-state index contributed by atoms with van der Waals surface area (Å²) in [4.78, 5) is 12.8. The summed E-state index contributed by atoms with van der Waals surface area (Å²) in [6.07, 6.45) is -3.74. The van der Waals surface area contributed by atoms with Crippen molar-refractivity contribution < 1.29 is 39.5 Å². The largest absolute Gasteiger partial charge is 0.454 e. The second kappa shape index (κ2) is 9.12. The van der Waals surface area contributed by atoms with Crippen molar-refractivity contribution in [3.05, 3.63) is 65.7 Å². The van der Waals surface area contributed by atoms with Crippen LogP contribution >= 0.6 is 0 Å². The first-order chi connectivity index (χ1) is 15.6. The molecular formula is C21H23NO9S2.